The Hall–Kier alpha value is -0.310. The summed E-state index contributed by atoms with van der Waals surface area (Å²) in [5.74, 6) is 0.590. The Balaban J connectivity index is 1.66. The summed E-state index contributed by atoms with van der Waals surface area (Å²) in [7, 11) is 0. The van der Waals surface area contributed by atoms with Crippen molar-refractivity contribution in [2.45, 2.75) is 49.9 Å². The number of benzene rings is 1. The van der Waals surface area contributed by atoms with Crippen molar-refractivity contribution in [2.75, 3.05) is 0 Å². The Morgan fingerprint density at radius 3 is 2.35 bits per heavy atom. The van der Waals surface area contributed by atoms with Gasteiger partial charge >= 0.3 is 138 Å². The molecule has 1 aliphatic heterocycles. The monoisotopic (exact) mass is 446 g/mol. The molecule has 0 amide bonds. The van der Waals surface area contributed by atoms with Crippen LogP contribution in [0.5, 0.6) is 0 Å². The van der Waals surface area contributed by atoms with Crippen molar-refractivity contribution in [3.63, 3.8) is 0 Å². The minimum absolute atomic E-state index is 0.0373. The van der Waals surface area contributed by atoms with E-state index in [1.807, 2.05) is 0 Å². The molecule has 3 aliphatic rings. The van der Waals surface area contributed by atoms with Gasteiger partial charge in [0.1, 0.15) is 0 Å². The fourth-order valence-corrected chi connectivity index (χ4v) is 13.2. The summed E-state index contributed by atoms with van der Waals surface area (Å²) in [5.41, 5.74) is -0.759. The van der Waals surface area contributed by atoms with Gasteiger partial charge in [0, 0.05) is 0 Å². The number of fused-ring (bicyclic) bond motifs is 1. The maximum absolute atomic E-state index is 15.7. The molecule has 1 unspecified atom stereocenters. The molecule has 1 spiro atoms. The average Bonchev–Trinajstić information content (AvgIpc) is 2.98. The molecule has 3 fully saturated rings. The van der Waals surface area contributed by atoms with Gasteiger partial charge in [-0.1, -0.05) is 0 Å². The molecule has 128 valence electrons. The van der Waals surface area contributed by atoms with E-state index in [1.165, 1.54) is 12.1 Å². The molecule has 2 saturated carbocycles. The maximum atomic E-state index is 15.7. The molecule has 6 heteroatoms. The Kier molecular flexibility index (Phi) is 3.27. The van der Waals surface area contributed by atoms with Crippen LogP contribution in [-0.4, -0.2) is 25.3 Å². The van der Waals surface area contributed by atoms with E-state index in [4.69, 9.17) is 3.10 Å². The van der Waals surface area contributed by atoms with Crippen molar-refractivity contribution >= 4 is 22.8 Å². The fourth-order valence-electron chi connectivity index (χ4n) is 5.01. The van der Waals surface area contributed by atoms with Crippen LogP contribution >= 0.6 is 0 Å². The van der Waals surface area contributed by atoms with Gasteiger partial charge in [-0.25, -0.2) is 0 Å². The van der Waals surface area contributed by atoms with Crippen molar-refractivity contribution in [1.29, 1.82) is 0 Å². The molecule has 0 N–H and O–H groups in total. The van der Waals surface area contributed by atoms with Gasteiger partial charge in [-0.2, -0.15) is 0 Å². The Labute approximate surface area is 138 Å². The molecular formula is C17H20F4OTe. The third kappa shape index (κ3) is 2.07. The predicted molar refractivity (Wildman–Crippen MR) is 81.2 cm³/mol. The molecule has 1 nitrogen and oxygen atoms in total. The summed E-state index contributed by atoms with van der Waals surface area (Å²) in [6.45, 7) is 4.43. The number of hydrogen-bond acceptors (Lipinski definition) is 1. The van der Waals surface area contributed by atoms with Crippen molar-refractivity contribution in [3.8, 4) is 0 Å². The summed E-state index contributed by atoms with van der Waals surface area (Å²) in [4.78, 5) is 0. The van der Waals surface area contributed by atoms with Crippen LogP contribution in [0.25, 0.3) is 0 Å². The number of halogens is 4. The van der Waals surface area contributed by atoms with Crippen LogP contribution < -0.4 is 3.61 Å². The summed E-state index contributed by atoms with van der Waals surface area (Å²) < 4.78 is 60.6. The molecule has 1 aromatic carbocycles. The van der Waals surface area contributed by atoms with E-state index >= 15 is 2.89 Å². The van der Waals surface area contributed by atoms with E-state index in [0.29, 0.717) is 14.0 Å². The zero-order valence-electron chi connectivity index (χ0n) is 13.1. The van der Waals surface area contributed by atoms with E-state index in [9.17, 15) is 13.2 Å². The van der Waals surface area contributed by atoms with Gasteiger partial charge in [0.25, 0.3) is 0 Å². The van der Waals surface area contributed by atoms with Crippen LogP contribution in [0.4, 0.5) is 16.1 Å². The first-order valence-electron chi connectivity index (χ1n) is 7.95. The molecular weight excluding hydrogens is 424 g/mol. The number of hydrogen-bond donors (Lipinski definition) is 0. The van der Waals surface area contributed by atoms with Crippen LogP contribution in [0.3, 0.4) is 0 Å². The Morgan fingerprint density at radius 2 is 1.83 bits per heavy atom. The summed E-state index contributed by atoms with van der Waals surface area (Å²) in [5, 5.41) is 0. The first kappa shape index (κ1) is 16.2. The third-order valence-corrected chi connectivity index (χ3v) is 13.5. The van der Waals surface area contributed by atoms with E-state index < -0.39 is 30.9 Å². The molecule has 0 aromatic heterocycles. The molecule has 23 heavy (non-hydrogen) atoms. The van der Waals surface area contributed by atoms with Gasteiger partial charge in [0.2, 0.25) is 0 Å². The van der Waals surface area contributed by atoms with Crippen LogP contribution in [0, 0.1) is 16.7 Å². The molecule has 1 saturated heterocycles. The second-order valence-electron chi connectivity index (χ2n) is 7.70. The summed E-state index contributed by atoms with van der Waals surface area (Å²) in [6, 6.07) is 4.59. The van der Waals surface area contributed by atoms with E-state index in [0.717, 1.165) is 31.4 Å². The molecule has 2 aliphatic carbocycles. The van der Waals surface area contributed by atoms with E-state index in [2.05, 4.69) is 13.8 Å². The predicted octanol–water partition coefficient (Wildman–Crippen LogP) is 4.55. The molecule has 0 radical (unpaired) electrons. The third-order valence-electron chi connectivity index (χ3n) is 6.60. The van der Waals surface area contributed by atoms with Gasteiger partial charge in [-0.3, -0.25) is 0 Å². The molecule has 4 rings (SSSR count). The fraction of sp³-hybridized carbons (Fsp3) is 0.647. The van der Waals surface area contributed by atoms with Gasteiger partial charge in [0.05, 0.1) is 0 Å². The van der Waals surface area contributed by atoms with E-state index in [-0.39, 0.29) is 16.9 Å². The van der Waals surface area contributed by atoms with Crippen molar-refractivity contribution in [2.24, 2.45) is 16.7 Å². The summed E-state index contributed by atoms with van der Waals surface area (Å²) >= 11 is -4.29. The van der Waals surface area contributed by atoms with Gasteiger partial charge in [0.15, 0.2) is 0 Å². The molecule has 2 bridgehead atoms. The van der Waals surface area contributed by atoms with Crippen molar-refractivity contribution in [1.82, 2.24) is 0 Å². The second kappa shape index (κ2) is 4.65. The van der Waals surface area contributed by atoms with Gasteiger partial charge in [-0.05, 0) is 0 Å². The average molecular weight is 444 g/mol. The van der Waals surface area contributed by atoms with Gasteiger partial charge < -0.3 is 0 Å². The molecule has 4 atom stereocenters. The summed E-state index contributed by atoms with van der Waals surface area (Å²) in [6.07, 6.45) is -1.40. The second-order valence-corrected chi connectivity index (χ2v) is 13.8. The topological polar surface area (TPSA) is 9.23 Å². The quantitative estimate of drug-likeness (QED) is 0.457. The minimum atomic E-state index is -4.39. The van der Waals surface area contributed by atoms with Crippen LogP contribution in [-0.2, 0) is 9.28 Å². The van der Waals surface area contributed by atoms with Gasteiger partial charge in [-0.15, -0.1) is 0 Å². The number of alkyl halides is 3. The van der Waals surface area contributed by atoms with E-state index in [1.54, 1.807) is 0 Å². The zero-order chi connectivity index (χ0) is 16.7. The van der Waals surface area contributed by atoms with Crippen molar-refractivity contribution in [3.05, 3.63) is 29.8 Å². The van der Waals surface area contributed by atoms with Crippen LogP contribution in [0.2, 0.25) is 4.47 Å². The first-order valence-corrected chi connectivity index (χ1v) is 12.6. The van der Waals surface area contributed by atoms with Crippen LogP contribution in [0.1, 0.15) is 38.7 Å². The standard InChI is InChI=1S/C17H20F4OTe/c1-15(2)12-7-8-16(15)10-23(21,22-14(16)9-12)13-5-3-11(4-6-13)17(18,19)20/h3-6,12,14H,7-10H2,1-2H3/t12-,14-,16-/m1/s1. The molecule has 1 aromatic rings. The number of rotatable bonds is 1. The first-order chi connectivity index (χ1) is 10.6. The Bertz CT molecular complexity index is 641. The molecule has 1 heterocycles. The normalized spacial score (nSPS) is 44.1. The Morgan fingerprint density at radius 1 is 1.17 bits per heavy atom. The zero-order valence-corrected chi connectivity index (χ0v) is 15.5. The SMILES string of the molecule is CC1(C)[C@@H]2CC[C@]13C[Te](F)(c1ccc(C(F)(F)F)cc1)O[C@@H]3C2. The van der Waals surface area contributed by atoms with Crippen molar-refractivity contribution < 1.29 is 19.2 Å². The van der Waals surface area contributed by atoms with Crippen LogP contribution in [0.15, 0.2) is 24.3 Å².